The SMILES string of the molecule is CC(C)CCCCC(OC(C)N)C(=O)O. The molecule has 0 spiro atoms. The number of hydrogen-bond donors (Lipinski definition) is 2. The van der Waals surface area contributed by atoms with Crippen molar-refractivity contribution >= 4 is 5.97 Å². The number of unbranched alkanes of at least 4 members (excludes halogenated alkanes) is 1. The number of rotatable bonds is 8. The molecule has 0 heterocycles. The van der Waals surface area contributed by atoms with Gasteiger partial charge >= 0.3 is 5.97 Å². The molecule has 3 N–H and O–H groups in total. The molecule has 0 aliphatic heterocycles. The summed E-state index contributed by atoms with van der Waals surface area (Å²) in [4.78, 5) is 10.8. The molecule has 0 bridgehead atoms. The maximum absolute atomic E-state index is 10.8. The lowest BCUT2D eigenvalue weighted by Crippen LogP contribution is -2.32. The molecule has 0 aliphatic carbocycles. The highest BCUT2D eigenvalue weighted by molar-refractivity contribution is 5.72. The predicted octanol–water partition coefficient (Wildman–Crippen LogP) is 1.98. The minimum atomic E-state index is -0.920. The van der Waals surface area contributed by atoms with Crippen LogP contribution in [0, 0.1) is 5.92 Å². The molecular formula is C11H23NO3. The Morgan fingerprint density at radius 1 is 1.27 bits per heavy atom. The molecule has 2 atom stereocenters. The summed E-state index contributed by atoms with van der Waals surface area (Å²) < 4.78 is 5.10. The Labute approximate surface area is 91.8 Å². The van der Waals surface area contributed by atoms with Crippen molar-refractivity contribution in [2.75, 3.05) is 0 Å². The van der Waals surface area contributed by atoms with E-state index < -0.39 is 18.3 Å². The number of nitrogens with two attached hydrogens (primary N) is 1. The van der Waals surface area contributed by atoms with E-state index in [4.69, 9.17) is 15.6 Å². The van der Waals surface area contributed by atoms with Gasteiger partial charge in [-0.05, 0) is 19.3 Å². The standard InChI is InChI=1S/C11H23NO3/c1-8(2)6-4-5-7-10(11(13)14)15-9(3)12/h8-10H,4-7,12H2,1-3H3,(H,13,14). The summed E-state index contributed by atoms with van der Waals surface area (Å²) in [5.41, 5.74) is 5.40. The molecule has 0 rings (SSSR count). The molecule has 4 nitrogen and oxygen atoms in total. The minimum absolute atomic E-state index is 0.517. The van der Waals surface area contributed by atoms with E-state index in [1.165, 1.54) is 0 Å². The molecule has 2 unspecified atom stereocenters. The first-order valence-electron chi connectivity index (χ1n) is 5.57. The van der Waals surface area contributed by atoms with Crippen LogP contribution in [0.3, 0.4) is 0 Å². The Morgan fingerprint density at radius 3 is 2.20 bits per heavy atom. The van der Waals surface area contributed by atoms with E-state index in [9.17, 15) is 4.79 Å². The van der Waals surface area contributed by atoms with Gasteiger partial charge in [0.15, 0.2) is 6.10 Å². The Balaban J connectivity index is 3.72. The molecular weight excluding hydrogens is 194 g/mol. The summed E-state index contributed by atoms with van der Waals surface area (Å²) in [5, 5.41) is 8.85. The minimum Gasteiger partial charge on any atom is -0.479 e. The average Bonchev–Trinajstić information content (AvgIpc) is 2.08. The van der Waals surface area contributed by atoms with Crippen LogP contribution in [0.4, 0.5) is 0 Å². The fourth-order valence-electron chi connectivity index (χ4n) is 1.39. The van der Waals surface area contributed by atoms with E-state index in [2.05, 4.69) is 13.8 Å². The number of ether oxygens (including phenoxy) is 1. The van der Waals surface area contributed by atoms with Gasteiger partial charge in [0.2, 0.25) is 0 Å². The van der Waals surface area contributed by atoms with Crippen molar-refractivity contribution in [2.24, 2.45) is 11.7 Å². The van der Waals surface area contributed by atoms with Crippen molar-refractivity contribution in [3.8, 4) is 0 Å². The molecule has 15 heavy (non-hydrogen) atoms. The van der Waals surface area contributed by atoms with Crippen LogP contribution < -0.4 is 5.73 Å². The number of carboxylic acids is 1. The van der Waals surface area contributed by atoms with Crippen molar-refractivity contribution in [1.29, 1.82) is 0 Å². The smallest absolute Gasteiger partial charge is 0.332 e. The van der Waals surface area contributed by atoms with Crippen LogP contribution in [0.5, 0.6) is 0 Å². The van der Waals surface area contributed by atoms with Gasteiger partial charge in [0, 0.05) is 0 Å². The van der Waals surface area contributed by atoms with Crippen molar-refractivity contribution in [3.05, 3.63) is 0 Å². The lowest BCUT2D eigenvalue weighted by Gasteiger charge is -2.16. The molecule has 0 fully saturated rings. The van der Waals surface area contributed by atoms with Gasteiger partial charge < -0.3 is 15.6 Å². The molecule has 0 radical (unpaired) electrons. The van der Waals surface area contributed by atoms with Gasteiger partial charge in [-0.2, -0.15) is 0 Å². The third-order valence-corrected chi connectivity index (χ3v) is 2.15. The molecule has 0 aromatic carbocycles. The van der Waals surface area contributed by atoms with Crippen LogP contribution in [-0.4, -0.2) is 23.4 Å². The van der Waals surface area contributed by atoms with Crippen LogP contribution >= 0.6 is 0 Å². The quantitative estimate of drug-likeness (QED) is 0.481. The van der Waals surface area contributed by atoms with E-state index in [0.29, 0.717) is 12.3 Å². The second-order valence-electron chi connectivity index (χ2n) is 4.35. The van der Waals surface area contributed by atoms with E-state index in [-0.39, 0.29) is 0 Å². The first-order valence-corrected chi connectivity index (χ1v) is 5.57. The van der Waals surface area contributed by atoms with E-state index in [0.717, 1.165) is 19.3 Å². The van der Waals surface area contributed by atoms with Crippen LogP contribution in [-0.2, 0) is 9.53 Å². The fraction of sp³-hybridized carbons (Fsp3) is 0.909. The lowest BCUT2D eigenvalue weighted by atomic mass is 10.0. The van der Waals surface area contributed by atoms with Crippen molar-refractivity contribution in [1.82, 2.24) is 0 Å². The van der Waals surface area contributed by atoms with E-state index in [1.54, 1.807) is 6.92 Å². The summed E-state index contributed by atoms with van der Waals surface area (Å²) in [5.74, 6) is -0.250. The van der Waals surface area contributed by atoms with E-state index >= 15 is 0 Å². The molecule has 90 valence electrons. The van der Waals surface area contributed by atoms with Gasteiger partial charge in [0.05, 0.1) is 0 Å². The third kappa shape index (κ3) is 8.39. The molecule has 0 amide bonds. The summed E-state index contributed by atoms with van der Waals surface area (Å²) in [6, 6.07) is 0. The van der Waals surface area contributed by atoms with Gasteiger partial charge in [-0.1, -0.05) is 33.1 Å². The number of carbonyl (C=O) groups is 1. The predicted molar refractivity (Wildman–Crippen MR) is 59.5 cm³/mol. The van der Waals surface area contributed by atoms with E-state index in [1.807, 2.05) is 0 Å². The average molecular weight is 217 g/mol. The third-order valence-electron chi connectivity index (χ3n) is 2.15. The summed E-state index contributed by atoms with van der Waals surface area (Å²) >= 11 is 0. The fourth-order valence-corrected chi connectivity index (χ4v) is 1.39. The largest absolute Gasteiger partial charge is 0.479 e. The highest BCUT2D eigenvalue weighted by Gasteiger charge is 2.18. The molecule has 0 saturated heterocycles. The van der Waals surface area contributed by atoms with Gasteiger partial charge in [-0.3, -0.25) is 0 Å². The Bertz CT molecular complexity index is 181. The van der Waals surface area contributed by atoms with Gasteiger partial charge in [-0.15, -0.1) is 0 Å². The maximum Gasteiger partial charge on any atom is 0.332 e. The molecule has 4 heteroatoms. The zero-order valence-corrected chi connectivity index (χ0v) is 9.90. The van der Waals surface area contributed by atoms with Crippen LogP contribution in [0.25, 0.3) is 0 Å². The van der Waals surface area contributed by atoms with Crippen molar-refractivity contribution < 1.29 is 14.6 Å². The zero-order valence-electron chi connectivity index (χ0n) is 9.90. The van der Waals surface area contributed by atoms with Gasteiger partial charge in [0.1, 0.15) is 6.23 Å². The number of hydrogen-bond acceptors (Lipinski definition) is 3. The number of carboxylic acid groups (broad SMARTS) is 1. The van der Waals surface area contributed by atoms with Crippen molar-refractivity contribution in [3.63, 3.8) is 0 Å². The lowest BCUT2D eigenvalue weighted by molar-refractivity contribution is -0.154. The topological polar surface area (TPSA) is 72.5 Å². The normalized spacial score (nSPS) is 15.3. The Kier molecular flexibility index (Phi) is 7.34. The zero-order chi connectivity index (χ0) is 11.8. The first-order chi connectivity index (χ1) is 6.93. The summed E-state index contributed by atoms with van der Waals surface area (Å²) in [6.07, 6.45) is 2.33. The van der Waals surface area contributed by atoms with Crippen LogP contribution in [0.2, 0.25) is 0 Å². The second-order valence-corrected chi connectivity index (χ2v) is 4.35. The highest BCUT2D eigenvalue weighted by Crippen LogP contribution is 2.12. The first kappa shape index (κ1) is 14.4. The second kappa shape index (κ2) is 7.65. The Morgan fingerprint density at radius 2 is 1.80 bits per heavy atom. The van der Waals surface area contributed by atoms with Crippen LogP contribution in [0.1, 0.15) is 46.5 Å². The summed E-state index contributed by atoms with van der Waals surface area (Å²) in [6.45, 7) is 5.96. The molecule has 0 saturated carbocycles. The van der Waals surface area contributed by atoms with Gasteiger partial charge in [0.25, 0.3) is 0 Å². The van der Waals surface area contributed by atoms with Crippen LogP contribution in [0.15, 0.2) is 0 Å². The molecule has 0 aliphatic rings. The Hall–Kier alpha value is -0.610. The summed E-state index contributed by atoms with van der Waals surface area (Å²) in [7, 11) is 0. The van der Waals surface area contributed by atoms with Crippen molar-refractivity contribution in [2.45, 2.75) is 58.8 Å². The number of aliphatic carboxylic acids is 1. The molecule has 0 aromatic rings. The monoisotopic (exact) mass is 217 g/mol. The highest BCUT2D eigenvalue weighted by atomic mass is 16.5. The maximum atomic E-state index is 10.8. The molecule has 0 aromatic heterocycles. The van der Waals surface area contributed by atoms with Gasteiger partial charge in [-0.25, -0.2) is 4.79 Å².